The molecule has 1 N–H and O–H groups in total. The summed E-state index contributed by atoms with van der Waals surface area (Å²) in [4.78, 5) is 24.0. The van der Waals surface area contributed by atoms with E-state index in [1.165, 1.54) is 4.90 Å². The van der Waals surface area contributed by atoms with Gasteiger partial charge in [0.2, 0.25) is 5.91 Å². The van der Waals surface area contributed by atoms with Gasteiger partial charge >= 0.3 is 5.97 Å². The van der Waals surface area contributed by atoms with Crippen molar-refractivity contribution in [3.8, 4) is 0 Å². The van der Waals surface area contributed by atoms with Crippen LogP contribution < -0.4 is 0 Å². The Balaban J connectivity index is 2.66. The van der Waals surface area contributed by atoms with Crippen LogP contribution in [0, 0.1) is 5.41 Å². The molecule has 0 saturated heterocycles. The van der Waals surface area contributed by atoms with E-state index in [0.717, 1.165) is 5.57 Å². The molecule has 0 bridgehead atoms. The largest absolute Gasteiger partial charge is 0.480 e. The molecule has 0 unspecified atom stereocenters. The Kier molecular flexibility index (Phi) is 2.64. The zero-order valence-electron chi connectivity index (χ0n) is 8.54. The molecule has 0 spiro atoms. The molecule has 1 rings (SSSR count). The molecule has 4 nitrogen and oxygen atoms in total. The molecule has 1 amide bonds. The fourth-order valence-electron chi connectivity index (χ4n) is 1.49. The number of nitrogens with zero attached hydrogens (tertiary/aromatic N) is 1. The van der Waals surface area contributed by atoms with Crippen molar-refractivity contribution in [3.63, 3.8) is 0 Å². The Morgan fingerprint density at radius 2 is 2.00 bits per heavy atom. The van der Waals surface area contributed by atoms with Crippen LogP contribution in [-0.4, -0.2) is 35.5 Å². The predicted octanol–water partition coefficient (Wildman–Crippen LogP) is 0.886. The predicted molar refractivity (Wildman–Crippen MR) is 51.8 cm³/mol. The minimum Gasteiger partial charge on any atom is -0.480 e. The minimum atomic E-state index is -1.12. The molecule has 1 aliphatic carbocycles. The highest BCUT2D eigenvalue weighted by Crippen LogP contribution is 2.47. The molecule has 78 valence electrons. The molecule has 0 aromatic heterocycles. The summed E-state index contributed by atoms with van der Waals surface area (Å²) < 4.78 is 0. The van der Waals surface area contributed by atoms with Crippen LogP contribution in [0.1, 0.15) is 19.8 Å². The lowest BCUT2D eigenvalue weighted by Gasteiger charge is -2.20. The van der Waals surface area contributed by atoms with Gasteiger partial charge in [-0.25, -0.2) is 0 Å². The van der Waals surface area contributed by atoms with Crippen LogP contribution in [0.5, 0.6) is 0 Å². The van der Waals surface area contributed by atoms with Crippen molar-refractivity contribution in [1.29, 1.82) is 0 Å². The van der Waals surface area contributed by atoms with E-state index in [-0.39, 0.29) is 5.91 Å². The van der Waals surface area contributed by atoms with Crippen molar-refractivity contribution in [2.45, 2.75) is 19.8 Å². The van der Waals surface area contributed by atoms with Gasteiger partial charge in [-0.3, -0.25) is 9.59 Å². The van der Waals surface area contributed by atoms with Crippen LogP contribution in [0.4, 0.5) is 0 Å². The SMILES string of the molecule is C=C(C)CN(C)C(=O)C1(C(=O)O)CC1. The summed E-state index contributed by atoms with van der Waals surface area (Å²) in [6.07, 6.45) is 0.920. The molecule has 0 aromatic carbocycles. The van der Waals surface area contributed by atoms with Crippen LogP contribution in [-0.2, 0) is 9.59 Å². The maximum absolute atomic E-state index is 11.7. The first-order valence-corrected chi connectivity index (χ1v) is 4.53. The average molecular weight is 197 g/mol. The Morgan fingerprint density at radius 1 is 1.50 bits per heavy atom. The number of aliphatic carboxylic acids is 1. The lowest BCUT2D eigenvalue weighted by molar-refractivity contribution is -0.152. The zero-order valence-corrected chi connectivity index (χ0v) is 8.54. The lowest BCUT2D eigenvalue weighted by atomic mass is 10.1. The maximum atomic E-state index is 11.7. The summed E-state index contributed by atoms with van der Waals surface area (Å²) in [5.41, 5.74) is -0.272. The zero-order chi connectivity index (χ0) is 10.9. The summed E-state index contributed by atoms with van der Waals surface area (Å²) >= 11 is 0. The molecular weight excluding hydrogens is 182 g/mol. The Labute approximate surface area is 83.2 Å². The standard InChI is InChI=1S/C10H15NO3/c1-7(2)6-11(3)8(12)10(4-5-10)9(13)14/h1,4-6H2,2-3H3,(H,13,14). The number of carboxylic acids is 1. The first-order chi connectivity index (χ1) is 6.40. The van der Waals surface area contributed by atoms with E-state index in [9.17, 15) is 9.59 Å². The second-order valence-corrected chi connectivity index (χ2v) is 4.01. The lowest BCUT2D eigenvalue weighted by Crippen LogP contribution is -2.39. The molecule has 1 aliphatic rings. The molecular formula is C10H15NO3. The number of carboxylic acid groups (broad SMARTS) is 1. The maximum Gasteiger partial charge on any atom is 0.319 e. The molecule has 1 fully saturated rings. The van der Waals surface area contributed by atoms with Gasteiger partial charge in [-0.15, -0.1) is 0 Å². The van der Waals surface area contributed by atoms with Gasteiger partial charge in [0.05, 0.1) is 0 Å². The van der Waals surface area contributed by atoms with Gasteiger partial charge in [-0.05, 0) is 19.8 Å². The van der Waals surface area contributed by atoms with E-state index < -0.39 is 11.4 Å². The molecule has 0 aliphatic heterocycles. The molecule has 4 heteroatoms. The van der Waals surface area contributed by atoms with E-state index in [2.05, 4.69) is 6.58 Å². The minimum absolute atomic E-state index is 0.298. The van der Waals surface area contributed by atoms with Gasteiger partial charge in [-0.2, -0.15) is 0 Å². The van der Waals surface area contributed by atoms with Crippen molar-refractivity contribution < 1.29 is 14.7 Å². The van der Waals surface area contributed by atoms with Crippen LogP contribution in [0.25, 0.3) is 0 Å². The van der Waals surface area contributed by atoms with E-state index in [1.54, 1.807) is 7.05 Å². The number of hydrogen-bond acceptors (Lipinski definition) is 2. The fourth-order valence-corrected chi connectivity index (χ4v) is 1.49. The van der Waals surface area contributed by atoms with E-state index in [4.69, 9.17) is 5.11 Å². The summed E-state index contributed by atoms with van der Waals surface area (Å²) in [5, 5.41) is 8.89. The number of likely N-dealkylation sites (N-methyl/N-ethyl adjacent to an activating group) is 1. The monoisotopic (exact) mass is 197 g/mol. The van der Waals surface area contributed by atoms with Gasteiger partial charge in [0.25, 0.3) is 0 Å². The first kappa shape index (κ1) is 10.8. The van der Waals surface area contributed by atoms with Crippen molar-refractivity contribution in [1.82, 2.24) is 4.90 Å². The highest BCUT2D eigenvalue weighted by atomic mass is 16.4. The Bertz CT molecular complexity index is 292. The number of carbonyl (C=O) groups is 2. The number of amides is 1. The second kappa shape index (κ2) is 3.44. The Morgan fingerprint density at radius 3 is 2.29 bits per heavy atom. The normalized spacial score (nSPS) is 17.3. The number of carbonyl (C=O) groups excluding carboxylic acids is 1. The third-order valence-electron chi connectivity index (χ3n) is 2.42. The van der Waals surface area contributed by atoms with Gasteiger partial charge < -0.3 is 10.0 Å². The van der Waals surface area contributed by atoms with Crippen LogP contribution in [0.2, 0.25) is 0 Å². The number of rotatable bonds is 4. The van der Waals surface area contributed by atoms with E-state index >= 15 is 0 Å². The third-order valence-corrected chi connectivity index (χ3v) is 2.42. The summed E-state index contributed by atoms with van der Waals surface area (Å²) in [7, 11) is 1.61. The molecule has 0 radical (unpaired) electrons. The van der Waals surface area contributed by atoms with Gasteiger partial charge in [0.1, 0.15) is 5.41 Å². The summed E-state index contributed by atoms with van der Waals surface area (Å²) in [6, 6.07) is 0. The first-order valence-electron chi connectivity index (χ1n) is 4.53. The topological polar surface area (TPSA) is 57.6 Å². The molecule has 0 aromatic rings. The smallest absolute Gasteiger partial charge is 0.319 e. The quantitative estimate of drug-likeness (QED) is 0.537. The molecule has 0 heterocycles. The van der Waals surface area contributed by atoms with Crippen molar-refractivity contribution in [2.24, 2.45) is 5.41 Å². The molecule has 14 heavy (non-hydrogen) atoms. The van der Waals surface area contributed by atoms with Crippen LogP contribution >= 0.6 is 0 Å². The highest BCUT2D eigenvalue weighted by Gasteiger charge is 2.58. The van der Waals surface area contributed by atoms with Crippen LogP contribution in [0.3, 0.4) is 0 Å². The summed E-state index contributed by atoms with van der Waals surface area (Å²) in [6.45, 7) is 5.92. The van der Waals surface area contributed by atoms with Crippen LogP contribution in [0.15, 0.2) is 12.2 Å². The summed E-state index contributed by atoms with van der Waals surface area (Å²) in [5.74, 6) is -1.30. The average Bonchev–Trinajstić information content (AvgIpc) is 2.81. The second-order valence-electron chi connectivity index (χ2n) is 4.01. The van der Waals surface area contributed by atoms with E-state index in [1.807, 2.05) is 6.92 Å². The molecule has 0 atom stereocenters. The highest BCUT2D eigenvalue weighted by molar-refractivity contribution is 6.04. The van der Waals surface area contributed by atoms with Crippen molar-refractivity contribution in [3.05, 3.63) is 12.2 Å². The van der Waals surface area contributed by atoms with Crippen molar-refractivity contribution in [2.75, 3.05) is 13.6 Å². The van der Waals surface area contributed by atoms with Gasteiger partial charge in [-0.1, -0.05) is 12.2 Å². The van der Waals surface area contributed by atoms with Gasteiger partial charge in [0.15, 0.2) is 0 Å². The fraction of sp³-hybridized carbons (Fsp3) is 0.600. The van der Waals surface area contributed by atoms with Gasteiger partial charge in [0, 0.05) is 13.6 Å². The van der Waals surface area contributed by atoms with E-state index in [0.29, 0.717) is 19.4 Å². The third kappa shape index (κ3) is 1.78. The van der Waals surface area contributed by atoms with Crippen molar-refractivity contribution >= 4 is 11.9 Å². The molecule has 1 saturated carbocycles. The number of hydrogen-bond donors (Lipinski definition) is 1. The Hall–Kier alpha value is -1.32.